The summed E-state index contributed by atoms with van der Waals surface area (Å²) in [7, 11) is -3.87. The molecule has 0 radical (unpaired) electrons. The van der Waals surface area contributed by atoms with Gasteiger partial charge in [0.05, 0.1) is 10.9 Å². The van der Waals surface area contributed by atoms with Crippen molar-refractivity contribution in [1.82, 2.24) is 9.16 Å². The van der Waals surface area contributed by atoms with Gasteiger partial charge in [-0.1, -0.05) is 56.2 Å². The van der Waals surface area contributed by atoms with Crippen molar-refractivity contribution in [2.45, 2.75) is 88.1 Å². The predicted octanol–water partition coefficient (Wildman–Crippen LogP) is 4.70. The van der Waals surface area contributed by atoms with Crippen LogP contribution in [-0.4, -0.2) is 29.5 Å². The zero-order valence-corrected chi connectivity index (χ0v) is 19.7. The van der Waals surface area contributed by atoms with E-state index in [0.29, 0.717) is 5.92 Å². The molecule has 1 saturated heterocycles. The van der Waals surface area contributed by atoms with E-state index in [0.717, 1.165) is 44.1 Å². The van der Waals surface area contributed by atoms with Crippen LogP contribution in [-0.2, 0) is 21.8 Å². The number of hydrogen-bond acceptors (Lipinski definition) is 3. The molecule has 1 aliphatic heterocycles. The van der Waals surface area contributed by atoms with Gasteiger partial charge in [0, 0.05) is 6.04 Å². The number of sulfonamides is 1. The van der Waals surface area contributed by atoms with Gasteiger partial charge in [-0.2, -0.15) is 0 Å². The van der Waals surface area contributed by atoms with E-state index < -0.39 is 16.6 Å². The minimum atomic E-state index is -3.87. The van der Waals surface area contributed by atoms with E-state index in [4.69, 9.17) is 11.8 Å². The molecule has 0 amide bonds. The molecule has 0 aromatic heterocycles. The molecule has 3 atom stereocenters. The molecule has 1 aromatic carbocycles. The number of nitrogens with zero attached hydrogens (tertiary/aromatic N) is 1. The molecule has 2 saturated carbocycles. The second kappa shape index (κ2) is 8.68. The molecule has 0 bridgehead atoms. The third kappa shape index (κ3) is 4.37. The standard InChI is InChI=1S/C21H33N2O3PS2/c1-16-12-14-19(15-13-16)29(25,26)23-21(18-10-6-3-7-11-18)20(22-27(23,24)28)17-8-4-2-5-9-17/h12-15,17-18,20-21H,2-11H2,1H3,(H2,22,24,28). The Bertz CT molecular complexity index is 862. The van der Waals surface area contributed by atoms with Gasteiger partial charge in [0.2, 0.25) is 16.6 Å². The highest BCUT2D eigenvalue weighted by atomic mass is 32.5. The Morgan fingerprint density at radius 2 is 1.48 bits per heavy atom. The summed E-state index contributed by atoms with van der Waals surface area (Å²) in [4.78, 5) is 11.5. The van der Waals surface area contributed by atoms with Crippen LogP contribution in [0.1, 0.15) is 69.8 Å². The summed E-state index contributed by atoms with van der Waals surface area (Å²) < 4.78 is 28.8. The highest BCUT2D eigenvalue weighted by Gasteiger charge is 2.55. The first kappa shape index (κ1) is 21.9. The first-order valence-electron chi connectivity index (χ1n) is 11.0. The van der Waals surface area contributed by atoms with Crippen molar-refractivity contribution in [3.05, 3.63) is 29.8 Å². The Morgan fingerprint density at radius 3 is 2.03 bits per heavy atom. The molecule has 2 N–H and O–H groups in total. The molecule has 3 fully saturated rings. The topological polar surface area (TPSA) is 69.6 Å². The average Bonchev–Trinajstić information content (AvgIpc) is 3.01. The zero-order valence-electron chi connectivity index (χ0n) is 17.2. The lowest BCUT2D eigenvalue weighted by atomic mass is 9.75. The van der Waals surface area contributed by atoms with E-state index in [2.05, 4.69) is 5.09 Å². The van der Waals surface area contributed by atoms with Gasteiger partial charge in [-0.05, 0) is 68.4 Å². The van der Waals surface area contributed by atoms with E-state index in [9.17, 15) is 13.3 Å². The molecule has 2 aliphatic carbocycles. The monoisotopic (exact) mass is 456 g/mol. The first-order valence-corrected chi connectivity index (χ1v) is 15.2. The third-order valence-electron chi connectivity index (χ3n) is 7.06. The quantitative estimate of drug-likeness (QED) is 0.643. The van der Waals surface area contributed by atoms with Gasteiger partial charge in [0.1, 0.15) is 0 Å². The summed E-state index contributed by atoms with van der Waals surface area (Å²) in [6.07, 6.45) is 11.3. The van der Waals surface area contributed by atoms with Gasteiger partial charge in [-0.3, -0.25) is 5.09 Å². The van der Waals surface area contributed by atoms with Crippen LogP contribution in [0, 0.1) is 18.8 Å². The molecule has 3 unspecified atom stereocenters. The summed E-state index contributed by atoms with van der Waals surface area (Å²) in [6, 6.07) is 6.64. The third-order valence-corrected chi connectivity index (χ3v) is 12.6. The molecule has 8 heteroatoms. The fourth-order valence-electron chi connectivity index (χ4n) is 5.60. The molecule has 4 rings (SSSR count). The minimum Gasteiger partial charge on any atom is -0.342 e. The van der Waals surface area contributed by atoms with Crippen molar-refractivity contribution in [3.8, 4) is 0 Å². The van der Waals surface area contributed by atoms with Crippen molar-refractivity contribution < 1.29 is 13.3 Å². The largest absolute Gasteiger partial charge is 0.342 e. The van der Waals surface area contributed by atoms with Crippen LogP contribution < -0.4 is 5.09 Å². The van der Waals surface area contributed by atoms with E-state index in [1.807, 2.05) is 19.1 Å². The van der Waals surface area contributed by atoms with Crippen LogP contribution in [0.3, 0.4) is 0 Å². The van der Waals surface area contributed by atoms with Gasteiger partial charge in [0.15, 0.2) is 0 Å². The summed E-state index contributed by atoms with van der Waals surface area (Å²) in [5, 5.41) is 3.31. The number of rotatable bonds is 4. The molecule has 3 aliphatic rings. The maximum absolute atomic E-state index is 13.7. The summed E-state index contributed by atoms with van der Waals surface area (Å²) in [5.74, 6) is 0.656. The number of nitrogens with one attached hydrogen (secondary N) is 1. The second-order valence-corrected chi connectivity index (χ2v) is 14.5. The lowest BCUT2D eigenvalue weighted by Crippen LogP contribution is -2.48. The van der Waals surface area contributed by atoms with Crippen LogP contribution in [0.15, 0.2) is 29.2 Å². The van der Waals surface area contributed by atoms with Gasteiger partial charge < -0.3 is 4.89 Å². The Balaban J connectivity index is 1.75. The fourth-order valence-corrected chi connectivity index (χ4v) is 11.5. The lowest BCUT2D eigenvalue weighted by Gasteiger charge is -2.39. The maximum Gasteiger partial charge on any atom is 0.250 e. The van der Waals surface area contributed by atoms with E-state index in [-0.39, 0.29) is 22.9 Å². The number of hydrogen-bond donors (Lipinski definition) is 2. The molecule has 29 heavy (non-hydrogen) atoms. The van der Waals surface area contributed by atoms with Gasteiger partial charge in [-0.25, -0.2) is 8.42 Å². The average molecular weight is 457 g/mol. The van der Waals surface area contributed by atoms with Crippen molar-refractivity contribution in [1.29, 1.82) is 0 Å². The normalized spacial score (nSPS) is 33.2. The van der Waals surface area contributed by atoms with Crippen molar-refractivity contribution >= 4 is 28.4 Å². The summed E-state index contributed by atoms with van der Waals surface area (Å²) in [6.45, 7) is -1.43. The van der Waals surface area contributed by atoms with Crippen LogP contribution in [0.25, 0.3) is 0 Å². The molecular formula is C21H33N2O3PS2. The number of benzene rings is 1. The Hall–Kier alpha value is -0.300. The van der Waals surface area contributed by atoms with Crippen molar-refractivity contribution in [2.75, 3.05) is 0 Å². The summed E-state index contributed by atoms with van der Waals surface area (Å²) in [5.41, 5.74) is 1.01. The van der Waals surface area contributed by atoms with Crippen LogP contribution in [0.2, 0.25) is 0 Å². The zero-order chi connectivity index (χ0) is 20.6. The van der Waals surface area contributed by atoms with Crippen LogP contribution in [0.5, 0.6) is 0 Å². The maximum atomic E-state index is 13.7. The van der Waals surface area contributed by atoms with Crippen molar-refractivity contribution in [3.63, 3.8) is 0 Å². The van der Waals surface area contributed by atoms with Crippen LogP contribution >= 0.6 is 6.57 Å². The summed E-state index contributed by atoms with van der Waals surface area (Å²) >= 11 is 5.60. The molecule has 162 valence electrons. The highest BCUT2D eigenvalue weighted by Crippen LogP contribution is 2.57. The molecule has 1 aromatic rings. The minimum absolute atomic E-state index is 0.0329. The molecule has 5 nitrogen and oxygen atoms in total. The van der Waals surface area contributed by atoms with Crippen LogP contribution in [0.4, 0.5) is 0 Å². The molecule has 1 heterocycles. The Morgan fingerprint density at radius 1 is 0.966 bits per heavy atom. The van der Waals surface area contributed by atoms with Crippen molar-refractivity contribution in [2.24, 2.45) is 11.8 Å². The van der Waals surface area contributed by atoms with E-state index >= 15 is 0 Å². The van der Waals surface area contributed by atoms with E-state index in [1.54, 1.807) is 12.1 Å². The Kier molecular flexibility index (Phi) is 6.56. The molecule has 0 spiro atoms. The number of aryl methyl sites for hydroxylation is 1. The highest BCUT2D eigenvalue weighted by molar-refractivity contribution is 8.14. The first-order chi connectivity index (χ1) is 13.8. The van der Waals surface area contributed by atoms with Gasteiger partial charge in [-0.15, -0.1) is 4.08 Å². The van der Waals surface area contributed by atoms with Gasteiger partial charge >= 0.3 is 0 Å². The van der Waals surface area contributed by atoms with Gasteiger partial charge in [0.25, 0.3) is 0 Å². The SMILES string of the molecule is Cc1ccc(S(=O)(=O)N2C(C3CCCCC3)C(C3CCCCC3)NP2(O)=S)cc1. The smallest absolute Gasteiger partial charge is 0.250 e. The second-order valence-electron chi connectivity index (χ2n) is 9.08. The predicted molar refractivity (Wildman–Crippen MR) is 121 cm³/mol. The lowest BCUT2D eigenvalue weighted by molar-refractivity contribution is 0.175. The Labute approximate surface area is 180 Å². The molecular weight excluding hydrogens is 423 g/mol. The fraction of sp³-hybridized carbons (Fsp3) is 0.714. The van der Waals surface area contributed by atoms with E-state index in [1.165, 1.54) is 29.8 Å².